The molecule has 0 saturated carbocycles. The van der Waals surface area contributed by atoms with Crippen LogP contribution in [-0.4, -0.2) is 23.0 Å². The number of aliphatic carboxylic acids is 1. The Morgan fingerprint density at radius 3 is 2.43 bits per heavy atom. The molecule has 0 saturated heterocycles. The minimum atomic E-state index is -0.926. The van der Waals surface area contributed by atoms with E-state index in [9.17, 15) is 9.59 Å². The van der Waals surface area contributed by atoms with Crippen LogP contribution in [0.2, 0.25) is 0 Å². The fourth-order valence-electron chi connectivity index (χ4n) is 0.992. The Morgan fingerprint density at radius 2 is 2.07 bits per heavy atom. The van der Waals surface area contributed by atoms with E-state index >= 15 is 0 Å². The second-order valence-electron chi connectivity index (χ2n) is 3.40. The zero-order chi connectivity index (χ0) is 11.1. The second kappa shape index (κ2) is 6.03. The molecule has 0 aromatic heterocycles. The van der Waals surface area contributed by atoms with Gasteiger partial charge in [0.05, 0.1) is 12.8 Å². The molecule has 0 aromatic rings. The summed E-state index contributed by atoms with van der Waals surface area (Å²) in [7, 11) is 0. The zero-order valence-electron chi connectivity index (χ0n) is 8.41. The number of carboxylic acid groups (broad SMARTS) is 1. The van der Waals surface area contributed by atoms with E-state index in [1.807, 2.05) is 13.8 Å². The number of nitrogens with one attached hydrogen (secondary N) is 1. The highest BCUT2D eigenvalue weighted by Crippen LogP contribution is 2.06. The van der Waals surface area contributed by atoms with Crippen molar-refractivity contribution in [3.05, 3.63) is 0 Å². The first-order valence-corrected chi connectivity index (χ1v) is 4.42. The molecule has 0 bridgehead atoms. The number of rotatable bonds is 5. The highest BCUT2D eigenvalue weighted by Gasteiger charge is 2.18. The van der Waals surface area contributed by atoms with Crippen molar-refractivity contribution in [2.45, 2.75) is 32.7 Å². The van der Waals surface area contributed by atoms with Crippen molar-refractivity contribution in [1.82, 2.24) is 5.32 Å². The molecule has 1 unspecified atom stereocenters. The Hall–Kier alpha value is -1.50. The topological polar surface area (TPSA) is 66.4 Å². The van der Waals surface area contributed by atoms with Crippen LogP contribution in [0.25, 0.3) is 0 Å². The molecule has 0 fully saturated rings. The van der Waals surface area contributed by atoms with Gasteiger partial charge in [-0.2, -0.15) is 0 Å². The van der Waals surface area contributed by atoms with Crippen molar-refractivity contribution in [1.29, 1.82) is 0 Å². The summed E-state index contributed by atoms with van der Waals surface area (Å²) in [6.45, 7) is 3.70. The second-order valence-corrected chi connectivity index (χ2v) is 3.40. The molecule has 14 heavy (non-hydrogen) atoms. The van der Waals surface area contributed by atoms with Gasteiger partial charge in [0.2, 0.25) is 5.91 Å². The lowest BCUT2D eigenvalue weighted by Gasteiger charge is -2.19. The first-order valence-electron chi connectivity index (χ1n) is 4.42. The monoisotopic (exact) mass is 197 g/mol. The largest absolute Gasteiger partial charge is 0.481 e. The summed E-state index contributed by atoms with van der Waals surface area (Å²) in [5, 5.41) is 11.2. The molecular formula is C10H15NO3. The molecule has 0 aliphatic heterocycles. The Kier molecular flexibility index (Phi) is 5.38. The van der Waals surface area contributed by atoms with Crippen LogP contribution >= 0.6 is 0 Å². The van der Waals surface area contributed by atoms with E-state index in [0.29, 0.717) is 0 Å². The zero-order valence-corrected chi connectivity index (χ0v) is 8.41. The molecule has 0 spiro atoms. The van der Waals surface area contributed by atoms with Crippen molar-refractivity contribution in [2.24, 2.45) is 5.92 Å². The molecule has 1 atom stereocenters. The number of hydrogen-bond donors (Lipinski definition) is 2. The van der Waals surface area contributed by atoms with Gasteiger partial charge in [0.1, 0.15) is 0 Å². The highest BCUT2D eigenvalue weighted by molar-refractivity contribution is 5.79. The van der Waals surface area contributed by atoms with Gasteiger partial charge in [-0.3, -0.25) is 9.59 Å². The molecule has 4 heteroatoms. The van der Waals surface area contributed by atoms with Crippen molar-refractivity contribution >= 4 is 11.9 Å². The third kappa shape index (κ3) is 5.20. The fourth-order valence-corrected chi connectivity index (χ4v) is 0.992. The predicted molar refractivity (Wildman–Crippen MR) is 52.5 cm³/mol. The summed E-state index contributed by atoms with van der Waals surface area (Å²) in [5.74, 6) is 1.06. The number of carboxylic acids is 1. The molecule has 2 N–H and O–H groups in total. The van der Waals surface area contributed by atoms with Crippen molar-refractivity contribution in [3.8, 4) is 12.3 Å². The molecular weight excluding hydrogens is 182 g/mol. The maximum atomic E-state index is 11.1. The van der Waals surface area contributed by atoms with Crippen LogP contribution in [0.4, 0.5) is 0 Å². The lowest BCUT2D eigenvalue weighted by molar-refractivity contribution is -0.138. The third-order valence-electron chi connectivity index (χ3n) is 1.81. The maximum Gasteiger partial charge on any atom is 0.305 e. The van der Waals surface area contributed by atoms with Gasteiger partial charge in [-0.1, -0.05) is 19.8 Å². The lowest BCUT2D eigenvalue weighted by atomic mass is 10.0. The van der Waals surface area contributed by atoms with Gasteiger partial charge in [0, 0.05) is 6.04 Å². The molecule has 1 amide bonds. The summed E-state index contributed by atoms with van der Waals surface area (Å²) in [4.78, 5) is 21.6. The summed E-state index contributed by atoms with van der Waals surface area (Å²) >= 11 is 0. The van der Waals surface area contributed by atoms with Gasteiger partial charge < -0.3 is 10.4 Å². The predicted octanol–water partition coefficient (Wildman–Crippen LogP) is 0.625. The number of amides is 1. The van der Waals surface area contributed by atoms with Crippen LogP contribution < -0.4 is 5.32 Å². The summed E-state index contributed by atoms with van der Waals surface area (Å²) in [6, 6.07) is -0.353. The van der Waals surface area contributed by atoms with Crippen LogP contribution in [0.5, 0.6) is 0 Å². The summed E-state index contributed by atoms with van der Waals surface area (Å²) < 4.78 is 0. The minimum Gasteiger partial charge on any atom is -0.481 e. The first kappa shape index (κ1) is 12.5. The Balaban J connectivity index is 4.17. The van der Waals surface area contributed by atoms with Crippen LogP contribution in [-0.2, 0) is 9.59 Å². The molecule has 4 nitrogen and oxygen atoms in total. The average molecular weight is 197 g/mol. The highest BCUT2D eigenvalue weighted by atomic mass is 16.4. The van der Waals surface area contributed by atoms with Crippen LogP contribution in [0.3, 0.4) is 0 Å². The fraction of sp³-hybridized carbons (Fsp3) is 0.600. The van der Waals surface area contributed by atoms with Gasteiger partial charge in [0.15, 0.2) is 0 Å². The standard InChI is InChI=1S/C10H15NO3/c1-4-5-9(12)11-8(7(2)3)6-10(13)14/h1,7-8H,5-6H2,2-3H3,(H,11,12)(H,13,14). The van der Waals surface area contributed by atoms with E-state index in [4.69, 9.17) is 11.5 Å². The quantitative estimate of drug-likeness (QED) is 0.635. The number of carbonyl (C=O) groups is 2. The van der Waals surface area contributed by atoms with E-state index < -0.39 is 5.97 Å². The Morgan fingerprint density at radius 1 is 1.50 bits per heavy atom. The van der Waals surface area contributed by atoms with Gasteiger partial charge in [-0.15, -0.1) is 6.42 Å². The van der Waals surface area contributed by atoms with E-state index in [0.717, 1.165) is 0 Å². The first-order chi connectivity index (χ1) is 6.47. The smallest absolute Gasteiger partial charge is 0.305 e. The number of terminal acetylenes is 1. The molecule has 0 aliphatic rings. The molecule has 0 heterocycles. The van der Waals surface area contributed by atoms with E-state index in [1.54, 1.807) is 0 Å². The normalized spacial score (nSPS) is 11.9. The molecule has 0 aliphatic carbocycles. The molecule has 0 rings (SSSR count). The SMILES string of the molecule is C#CCC(=O)NC(CC(=O)O)C(C)C. The van der Waals surface area contributed by atoms with E-state index in [1.165, 1.54) is 0 Å². The molecule has 0 radical (unpaired) electrons. The number of carbonyl (C=O) groups excluding carboxylic acids is 1. The van der Waals surface area contributed by atoms with Crippen LogP contribution in [0.1, 0.15) is 26.7 Å². The van der Waals surface area contributed by atoms with Crippen molar-refractivity contribution in [3.63, 3.8) is 0 Å². The van der Waals surface area contributed by atoms with Crippen molar-refractivity contribution < 1.29 is 14.7 Å². The van der Waals surface area contributed by atoms with E-state index in [2.05, 4.69) is 11.2 Å². The Bertz CT molecular complexity index is 253. The van der Waals surface area contributed by atoms with Gasteiger partial charge in [-0.05, 0) is 5.92 Å². The third-order valence-corrected chi connectivity index (χ3v) is 1.81. The molecule has 0 aromatic carbocycles. The minimum absolute atomic E-state index is 0.0111. The summed E-state index contributed by atoms with van der Waals surface area (Å²) in [5.41, 5.74) is 0. The van der Waals surface area contributed by atoms with Crippen LogP contribution in [0, 0.1) is 18.3 Å². The van der Waals surface area contributed by atoms with Gasteiger partial charge in [0.25, 0.3) is 0 Å². The average Bonchev–Trinajstić information content (AvgIpc) is 2.02. The van der Waals surface area contributed by atoms with Gasteiger partial charge >= 0.3 is 5.97 Å². The summed E-state index contributed by atoms with van der Waals surface area (Å²) in [6.07, 6.45) is 4.87. The van der Waals surface area contributed by atoms with Gasteiger partial charge in [-0.25, -0.2) is 0 Å². The maximum absolute atomic E-state index is 11.1. The number of hydrogen-bond acceptors (Lipinski definition) is 2. The van der Waals surface area contributed by atoms with Crippen molar-refractivity contribution in [2.75, 3.05) is 0 Å². The van der Waals surface area contributed by atoms with E-state index in [-0.39, 0.29) is 30.7 Å². The molecule has 78 valence electrons. The lowest BCUT2D eigenvalue weighted by Crippen LogP contribution is -2.39. The Labute approximate surface area is 83.7 Å². The van der Waals surface area contributed by atoms with Crippen LogP contribution in [0.15, 0.2) is 0 Å².